The monoisotopic (exact) mass is 435 g/mol. The Morgan fingerprint density at radius 3 is 2.23 bits per heavy atom. The molecule has 1 saturated carbocycles. The van der Waals surface area contributed by atoms with Gasteiger partial charge in [-0.15, -0.1) is 0 Å². The molecule has 0 radical (unpaired) electrons. The van der Waals surface area contributed by atoms with Gasteiger partial charge in [0.2, 0.25) is 5.91 Å². The second-order valence-electron chi connectivity index (χ2n) is 8.75. The van der Waals surface area contributed by atoms with Crippen LogP contribution in [0, 0.1) is 5.92 Å². The van der Waals surface area contributed by atoms with Gasteiger partial charge in [-0.25, -0.2) is 0 Å². The van der Waals surface area contributed by atoms with Gasteiger partial charge >= 0.3 is 0 Å². The van der Waals surface area contributed by atoms with E-state index in [4.69, 9.17) is 12.2 Å². The van der Waals surface area contributed by atoms with Crippen molar-refractivity contribution < 1.29 is 4.79 Å². The molecule has 1 saturated heterocycles. The molecule has 1 heterocycles. The number of fused-ring (bicyclic) bond motifs is 1. The number of benzene rings is 2. The van der Waals surface area contributed by atoms with E-state index in [9.17, 15) is 4.79 Å². The highest BCUT2D eigenvalue weighted by Crippen LogP contribution is 2.35. The number of rotatable bonds is 6. The summed E-state index contributed by atoms with van der Waals surface area (Å²) in [6.07, 6.45) is 8.00. The average molecular weight is 436 g/mol. The lowest BCUT2D eigenvalue weighted by Gasteiger charge is -2.44. The minimum atomic E-state index is -0.0248. The number of piperidine rings is 1. The van der Waals surface area contributed by atoms with Crippen molar-refractivity contribution in [1.82, 2.24) is 15.5 Å². The molecule has 2 aliphatic rings. The number of thiocarbonyl (C=S) groups is 1. The molecule has 4 rings (SSSR count). The summed E-state index contributed by atoms with van der Waals surface area (Å²) in [5.41, 5.74) is 2.32. The third-order valence-electron chi connectivity index (χ3n) is 6.73. The zero-order chi connectivity index (χ0) is 21.5. The maximum atomic E-state index is 12.9. The van der Waals surface area contributed by atoms with Gasteiger partial charge in [0.05, 0.1) is 6.04 Å². The van der Waals surface area contributed by atoms with Gasteiger partial charge in [0.1, 0.15) is 0 Å². The number of nitrogens with one attached hydrogen (secondary N) is 2. The minimum Gasteiger partial charge on any atom is -0.362 e. The van der Waals surface area contributed by atoms with Crippen molar-refractivity contribution in [2.45, 2.75) is 57.0 Å². The molecule has 2 unspecified atom stereocenters. The topological polar surface area (TPSA) is 44.4 Å². The van der Waals surface area contributed by atoms with Gasteiger partial charge in [-0.3, -0.25) is 4.79 Å². The van der Waals surface area contributed by atoms with E-state index < -0.39 is 0 Å². The largest absolute Gasteiger partial charge is 0.362 e. The number of nitrogens with zero attached hydrogens (tertiary/aromatic N) is 1. The van der Waals surface area contributed by atoms with Crippen LogP contribution in [0.25, 0.3) is 0 Å². The Hall–Kier alpha value is -2.40. The van der Waals surface area contributed by atoms with Gasteiger partial charge in [-0.05, 0) is 54.9 Å². The number of hydrogen-bond donors (Lipinski definition) is 2. The van der Waals surface area contributed by atoms with Crippen molar-refractivity contribution in [1.29, 1.82) is 0 Å². The lowest BCUT2D eigenvalue weighted by atomic mass is 9.78. The van der Waals surface area contributed by atoms with Crippen LogP contribution in [-0.2, 0) is 4.79 Å². The van der Waals surface area contributed by atoms with E-state index in [1.54, 1.807) is 0 Å². The summed E-state index contributed by atoms with van der Waals surface area (Å²) in [5, 5.41) is 7.29. The summed E-state index contributed by atoms with van der Waals surface area (Å²) in [6.45, 7) is 1.49. The molecule has 2 atom stereocenters. The van der Waals surface area contributed by atoms with Gasteiger partial charge in [-0.2, -0.15) is 0 Å². The Labute approximate surface area is 191 Å². The molecule has 0 bridgehead atoms. The van der Waals surface area contributed by atoms with Crippen molar-refractivity contribution in [2.75, 3.05) is 13.1 Å². The lowest BCUT2D eigenvalue weighted by Crippen LogP contribution is -2.50. The number of carbonyl (C=O) groups excluding carboxylic acids is 1. The third-order valence-corrected chi connectivity index (χ3v) is 6.99. The number of amides is 1. The van der Waals surface area contributed by atoms with Gasteiger partial charge in [0.15, 0.2) is 5.11 Å². The van der Waals surface area contributed by atoms with Crippen LogP contribution in [0.3, 0.4) is 0 Å². The predicted molar refractivity (Wildman–Crippen MR) is 130 cm³/mol. The molecule has 5 heteroatoms. The van der Waals surface area contributed by atoms with Crippen molar-refractivity contribution in [3.63, 3.8) is 0 Å². The SMILES string of the molecule is O=C(CCNC(=S)NC(c1ccccc1)c1ccccc1)N1CCCC2CCCCC21. The molecule has 0 aromatic heterocycles. The molecule has 1 aliphatic carbocycles. The fraction of sp³-hybridized carbons (Fsp3) is 0.462. The van der Waals surface area contributed by atoms with Crippen LogP contribution in [0.15, 0.2) is 60.7 Å². The molecule has 0 spiro atoms. The summed E-state index contributed by atoms with van der Waals surface area (Å²) in [7, 11) is 0. The highest BCUT2D eigenvalue weighted by Gasteiger charge is 2.35. The van der Waals surface area contributed by atoms with Crippen LogP contribution < -0.4 is 10.6 Å². The van der Waals surface area contributed by atoms with E-state index >= 15 is 0 Å². The van der Waals surface area contributed by atoms with Crippen molar-refractivity contribution >= 4 is 23.2 Å². The van der Waals surface area contributed by atoms with E-state index in [0.29, 0.717) is 24.1 Å². The van der Waals surface area contributed by atoms with E-state index in [0.717, 1.165) is 30.0 Å². The quantitative estimate of drug-likeness (QED) is 0.639. The Balaban J connectivity index is 1.31. The predicted octanol–water partition coefficient (Wildman–Crippen LogP) is 4.81. The van der Waals surface area contributed by atoms with Crippen molar-refractivity contribution in [3.8, 4) is 0 Å². The maximum Gasteiger partial charge on any atom is 0.224 e. The highest BCUT2D eigenvalue weighted by molar-refractivity contribution is 7.80. The van der Waals surface area contributed by atoms with Crippen LogP contribution in [0.4, 0.5) is 0 Å². The van der Waals surface area contributed by atoms with Crippen molar-refractivity contribution in [3.05, 3.63) is 71.8 Å². The van der Waals surface area contributed by atoms with Gasteiger partial charge in [-0.1, -0.05) is 73.5 Å². The van der Waals surface area contributed by atoms with Crippen LogP contribution in [0.1, 0.15) is 62.1 Å². The third kappa shape index (κ3) is 5.65. The minimum absolute atomic E-state index is 0.0248. The molecule has 2 aromatic rings. The molecular weight excluding hydrogens is 402 g/mol. The van der Waals surface area contributed by atoms with E-state index in [1.165, 1.54) is 32.1 Å². The molecule has 4 nitrogen and oxygen atoms in total. The zero-order valence-electron chi connectivity index (χ0n) is 18.1. The van der Waals surface area contributed by atoms with Gasteiger partial charge in [0, 0.05) is 25.6 Å². The molecule has 2 aromatic carbocycles. The first-order valence-electron chi connectivity index (χ1n) is 11.7. The Morgan fingerprint density at radius 1 is 0.935 bits per heavy atom. The van der Waals surface area contributed by atoms with Crippen LogP contribution in [0.2, 0.25) is 0 Å². The van der Waals surface area contributed by atoms with Gasteiger partial charge in [0.25, 0.3) is 0 Å². The summed E-state index contributed by atoms with van der Waals surface area (Å²) >= 11 is 5.58. The van der Waals surface area contributed by atoms with E-state index in [2.05, 4.69) is 39.8 Å². The molecular formula is C26H33N3OS. The van der Waals surface area contributed by atoms with Crippen LogP contribution in [0.5, 0.6) is 0 Å². The lowest BCUT2D eigenvalue weighted by molar-refractivity contribution is -0.137. The summed E-state index contributed by atoms with van der Waals surface area (Å²) in [6, 6.07) is 21.1. The van der Waals surface area contributed by atoms with Gasteiger partial charge < -0.3 is 15.5 Å². The summed E-state index contributed by atoms with van der Waals surface area (Å²) in [4.78, 5) is 15.1. The molecule has 1 amide bonds. The molecule has 2 N–H and O–H groups in total. The smallest absolute Gasteiger partial charge is 0.224 e. The fourth-order valence-corrected chi connectivity index (χ4v) is 5.41. The maximum absolute atomic E-state index is 12.9. The summed E-state index contributed by atoms with van der Waals surface area (Å²) < 4.78 is 0. The van der Waals surface area contributed by atoms with Crippen LogP contribution in [-0.4, -0.2) is 35.1 Å². The first kappa shape index (κ1) is 21.8. The average Bonchev–Trinajstić information content (AvgIpc) is 2.83. The first-order chi connectivity index (χ1) is 15.2. The number of carbonyl (C=O) groups is 1. The molecule has 1 aliphatic heterocycles. The Kier molecular flexibility index (Phi) is 7.57. The van der Waals surface area contributed by atoms with E-state index in [1.807, 2.05) is 36.4 Å². The van der Waals surface area contributed by atoms with Crippen LogP contribution >= 0.6 is 12.2 Å². The Bertz CT molecular complexity index is 816. The second kappa shape index (κ2) is 10.8. The molecule has 2 fully saturated rings. The zero-order valence-corrected chi connectivity index (χ0v) is 18.9. The number of likely N-dealkylation sites (tertiary alicyclic amines) is 1. The highest BCUT2D eigenvalue weighted by atomic mass is 32.1. The second-order valence-corrected chi connectivity index (χ2v) is 9.15. The normalized spacial score (nSPS) is 20.7. The fourth-order valence-electron chi connectivity index (χ4n) is 5.19. The standard InChI is InChI=1S/C26H33N3OS/c30-24(29-19-9-15-20-10-7-8-16-23(20)29)17-18-27-26(31)28-25(21-11-3-1-4-12-21)22-13-5-2-6-14-22/h1-6,11-14,20,23,25H,7-10,15-19H2,(H2,27,28,31). The Morgan fingerprint density at radius 2 is 1.55 bits per heavy atom. The first-order valence-corrected chi connectivity index (χ1v) is 12.1. The molecule has 31 heavy (non-hydrogen) atoms. The van der Waals surface area contributed by atoms with Crippen molar-refractivity contribution in [2.24, 2.45) is 5.92 Å². The summed E-state index contributed by atoms with van der Waals surface area (Å²) in [5.74, 6) is 0.995. The van der Waals surface area contributed by atoms with E-state index in [-0.39, 0.29) is 11.9 Å². The molecule has 164 valence electrons. The number of hydrogen-bond acceptors (Lipinski definition) is 2.